The first-order valence-electron chi connectivity index (χ1n) is 14.9. The number of nitrogens with zero attached hydrogens (tertiary/aromatic N) is 4. The van der Waals surface area contributed by atoms with Crippen LogP contribution in [-0.4, -0.2) is 58.0 Å². The molecule has 0 aliphatic carbocycles. The number of rotatable bonds is 9. The van der Waals surface area contributed by atoms with Gasteiger partial charge in [-0.1, -0.05) is 42.5 Å². The predicted molar refractivity (Wildman–Crippen MR) is 168 cm³/mol. The average molecular weight is 594 g/mol. The highest BCUT2D eigenvalue weighted by Crippen LogP contribution is 2.35. The van der Waals surface area contributed by atoms with Gasteiger partial charge in [0.1, 0.15) is 23.9 Å². The molecule has 3 heterocycles. The van der Waals surface area contributed by atoms with Crippen molar-refractivity contribution in [2.24, 2.45) is 0 Å². The zero-order chi connectivity index (χ0) is 30.6. The number of anilines is 1. The number of ether oxygens (including phenoxy) is 3. The number of carbonyl (C=O) groups excluding carboxylic acids is 2. The van der Waals surface area contributed by atoms with Crippen LogP contribution >= 0.6 is 0 Å². The molecule has 1 aliphatic heterocycles. The fraction of sp³-hybridized carbons (Fsp3) is 0.294. The summed E-state index contributed by atoms with van der Waals surface area (Å²) in [4.78, 5) is 30.6. The molecule has 1 fully saturated rings. The number of benzene rings is 3. The minimum absolute atomic E-state index is 0.0129. The molecule has 1 atom stereocenters. The van der Waals surface area contributed by atoms with E-state index in [0.717, 1.165) is 50.5 Å². The fourth-order valence-corrected chi connectivity index (χ4v) is 5.87. The van der Waals surface area contributed by atoms with Crippen LogP contribution in [0.15, 0.2) is 72.9 Å². The van der Waals surface area contributed by atoms with Gasteiger partial charge in [0.2, 0.25) is 0 Å². The molecule has 0 bridgehead atoms. The van der Waals surface area contributed by atoms with E-state index >= 15 is 0 Å². The van der Waals surface area contributed by atoms with Gasteiger partial charge in [-0.25, -0.2) is 9.78 Å². The van der Waals surface area contributed by atoms with Crippen molar-refractivity contribution in [2.75, 3.05) is 32.0 Å². The van der Waals surface area contributed by atoms with Crippen LogP contribution in [0.25, 0.3) is 32.8 Å². The second-order valence-corrected chi connectivity index (χ2v) is 10.7. The van der Waals surface area contributed by atoms with Crippen molar-refractivity contribution < 1.29 is 23.8 Å². The normalized spacial score (nSPS) is 14.7. The number of carbonyl (C=O) groups is 2. The Morgan fingerprint density at radius 3 is 2.64 bits per heavy atom. The molecule has 44 heavy (non-hydrogen) atoms. The van der Waals surface area contributed by atoms with Crippen LogP contribution in [-0.2, 0) is 27.3 Å². The number of hydrogen-bond acceptors (Lipinski definition) is 8. The minimum Gasteiger partial charge on any atom is -0.487 e. The predicted octanol–water partition coefficient (Wildman–Crippen LogP) is 5.92. The quantitative estimate of drug-likeness (QED) is 0.209. The molecule has 5 aromatic rings. The second kappa shape index (κ2) is 12.6. The van der Waals surface area contributed by atoms with Crippen LogP contribution in [0.4, 0.5) is 10.6 Å². The maximum Gasteiger partial charge on any atom is 0.409 e. The monoisotopic (exact) mass is 593 g/mol. The fourth-order valence-electron chi connectivity index (χ4n) is 5.87. The van der Waals surface area contributed by atoms with Crippen LogP contribution in [0.1, 0.15) is 37.6 Å². The first-order chi connectivity index (χ1) is 21.5. The van der Waals surface area contributed by atoms with Gasteiger partial charge in [0.25, 0.3) is 0 Å². The van der Waals surface area contributed by atoms with E-state index in [2.05, 4.69) is 29.2 Å². The van der Waals surface area contributed by atoms with Crippen LogP contribution in [0.5, 0.6) is 5.75 Å². The van der Waals surface area contributed by atoms with Crippen LogP contribution in [0, 0.1) is 0 Å². The van der Waals surface area contributed by atoms with E-state index in [-0.39, 0.29) is 31.1 Å². The Morgan fingerprint density at radius 2 is 1.80 bits per heavy atom. The van der Waals surface area contributed by atoms with Gasteiger partial charge in [-0.2, -0.15) is 5.10 Å². The van der Waals surface area contributed by atoms with Gasteiger partial charge in [0.15, 0.2) is 0 Å². The van der Waals surface area contributed by atoms with Gasteiger partial charge in [-0.05, 0) is 61.0 Å². The lowest BCUT2D eigenvalue weighted by molar-refractivity contribution is -0.142. The molecule has 0 spiro atoms. The number of para-hydroxylation sites is 1. The van der Waals surface area contributed by atoms with Crippen molar-refractivity contribution in [3.8, 4) is 16.9 Å². The molecular formula is C34H35N5O5. The van der Waals surface area contributed by atoms with Crippen molar-refractivity contribution >= 4 is 39.6 Å². The Balaban J connectivity index is 1.38. The summed E-state index contributed by atoms with van der Waals surface area (Å²) < 4.78 is 18.7. The SMILES string of the molecule is CCOC(=O)Cc1ccccc1OCc1nn([C@H]2CCN(C(=O)OCC)C2)c2ccc(-c3cccc4c(N)nccc34)cc12. The van der Waals surface area contributed by atoms with E-state index in [1.807, 2.05) is 54.1 Å². The highest BCUT2D eigenvalue weighted by Gasteiger charge is 2.30. The number of pyridine rings is 1. The molecule has 6 rings (SSSR count). The number of amides is 1. The number of aromatic nitrogens is 3. The lowest BCUT2D eigenvalue weighted by Gasteiger charge is -2.16. The summed E-state index contributed by atoms with van der Waals surface area (Å²) in [7, 11) is 0. The number of nitrogens with two attached hydrogens (primary N) is 1. The number of esters is 1. The zero-order valence-corrected chi connectivity index (χ0v) is 24.9. The molecular weight excluding hydrogens is 558 g/mol. The lowest BCUT2D eigenvalue weighted by Crippen LogP contribution is -2.29. The van der Waals surface area contributed by atoms with E-state index < -0.39 is 0 Å². The maximum absolute atomic E-state index is 12.4. The van der Waals surface area contributed by atoms with Gasteiger partial charge in [-0.3, -0.25) is 9.48 Å². The molecule has 3 aromatic carbocycles. The molecule has 1 saturated heterocycles. The Bertz CT molecular complexity index is 1830. The van der Waals surface area contributed by atoms with Gasteiger partial charge < -0.3 is 24.8 Å². The maximum atomic E-state index is 12.4. The highest BCUT2D eigenvalue weighted by atomic mass is 16.6. The summed E-state index contributed by atoms with van der Waals surface area (Å²) in [5, 5.41) is 7.90. The summed E-state index contributed by atoms with van der Waals surface area (Å²) in [6, 6.07) is 21.7. The first kappa shape index (κ1) is 29.0. The summed E-state index contributed by atoms with van der Waals surface area (Å²) in [6.07, 6.45) is 2.30. The van der Waals surface area contributed by atoms with E-state index in [0.29, 0.717) is 37.9 Å². The van der Waals surface area contributed by atoms with E-state index in [1.165, 1.54) is 0 Å². The molecule has 226 valence electrons. The number of fused-ring (bicyclic) bond motifs is 2. The first-order valence-corrected chi connectivity index (χ1v) is 14.9. The van der Waals surface area contributed by atoms with E-state index in [9.17, 15) is 9.59 Å². The molecule has 2 aromatic heterocycles. The molecule has 0 radical (unpaired) electrons. The number of likely N-dealkylation sites (tertiary alicyclic amines) is 1. The Labute approximate surface area is 255 Å². The average Bonchev–Trinajstić information content (AvgIpc) is 3.66. The molecule has 0 unspecified atom stereocenters. The second-order valence-electron chi connectivity index (χ2n) is 10.7. The van der Waals surface area contributed by atoms with Crippen LogP contribution in [0.2, 0.25) is 0 Å². The van der Waals surface area contributed by atoms with Crippen molar-refractivity contribution in [2.45, 2.75) is 39.3 Å². The van der Waals surface area contributed by atoms with E-state index in [4.69, 9.17) is 25.0 Å². The largest absolute Gasteiger partial charge is 0.487 e. The Kier molecular flexibility index (Phi) is 8.31. The van der Waals surface area contributed by atoms with Crippen molar-refractivity contribution in [1.29, 1.82) is 0 Å². The van der Waals surface area contributed by atoms with Crippen LogP contribution < -0.4 is 10.5 Å². The molecule has 10 nitrogen and oxygen atoms in total. The molecule has 1 aliphatic rings. The van der Waals surface area contributed by atoms with Crippen molar-refractivity contribution in [3.05, 3.63) is 84.2 Å². The van der Waals surface area contributed by atoms with Gasteiger partial charge in [0, 0.05) is 35.6 Å². The molecule has 10 heteroatoms. The van der Waals surface area contributed by atoms with Gasteiger partial charge in [-0.15, -0.1) is 0 Å². The minimum atomic E-state index is -0.305. The summed E-state index contributed by atoms with van der Waals surface area (Å²) in [5.74, 6) is 0.785. The standard InChI is InChI=1S/C34H35N5O5/c1-3-42-32(40)19-23-8-5-6-11-31(23)44-21-29-28-18-22(25-9-7-10-27-26(25)14-16-36-33(27)35)12-13-30(28)39(37-29)24-15-17-38(20-24)34(41)43-4-2/h5-14,16,18,24H,3-4,15,17,19-21H2,1-2H3,(H2,35,36)/t24-/m0/s1. The Morgan fingerprint density at radius 1 is 0.955 bits per heavy atom. The third kappa shape index (κ3) is 5.75. The van der Waals surface area contributed by atoms with E-state index in [1.54, 1.807) is 18.0 Å². The summed E-state index contributed by atoms with van der Waals surface area (Å²) >= 11 is 0. The number of hydrogen-bond donors (Lipinski definition) is 1. The lowest BCUT2D eigenvalue weighted by atomic mass is 9.97. The summed E-state index contributed by atoms with van der Waals surface area (Å²) in [6.45, 7) is 5.55. The topological polar surface area (TPSA) is 122 Å². The third-order valence-corrected chi connectivity index (χ3v) is 7.94. The van der Waals surface area contributed by atoms with Crippen LogP contribution in [0.3, 0.4) is 0 Å². The number of nitrogen functional groups attached to an aromatic ring is 1. The van der Waals surface area contributed by atoms with Gasteiger partial charge in [0.05, 0.1) is 31.2 Å². The Hall–Kier alpha value is -5.12. The zero-order valence-electron chi connectivity index (χ0n) is 24.9. The van der Waals surface area contributed by atoms with Crippen molar-refractivity contribution in [1.82, 2.24) is 19.7 Å². The molecule has 0 saturated carbocycles. The highest BCUT2D eigenvalue weighted by molar-refractivity contribution is 6.02. The summed E-state index contributed by atoms with van der Waals surface area (Å²) in [5.41, 5.74) is 10.7. The molecule has 1 amide bonds. The van der Waals surface area contributed by atoms with Gasteiger partial charge >= 0.3 is 12.1 Å². The molecule has 2 N–H and O–H groups in total. The smallest absolute Gasteiger partial charge is 0.409 e. The third-order valence-electron chi connectivity index (χ3n) is 7.94. The van der Waals surface area contributed by atoms with Crippen molar-refractivity contribution in [3.63, 3.8) is 0 Å².